The number of methoxy groups -OCH3 is 2. The lowest BCUT2D eigenvalue weighted by Crippen LogP contribution is -2.17. The average Bonchev–Trinajstić information content (AvgIpc) is 3.12. The second kappa shape index (κ2) is 3.92. The highest BCUT2D eigenvalue weighted by molar-refractivity contribution is 5.43. The topological polar surface area (TPSA) is 18.5 Å². The molecule has 0 N–H and O–H groups in total. The number of rotatable bonds is 4. The normalized spacial score (nSPS) is 16.0. The number of halogens is 2. The van der Waals surface area contributed by atoms with E-state index >= 15 is 0 Å². The van der Waals surface area contributed by atoms with E-state index in [0.717, 1.165) is 0 Å². The van der Waals surface area contributed by atoms with Gasteiger partial charge >= 0.3 is 0 Å². The summed E-state index contributed by atoms with van der Waals surface area (Å²) in [6.45, 7) is 0. The molecule has 0 saturated heterocycles. The van der Waals surface area contributed by atoms with Crippen molar-refractivity contribution in [3.63, 3.8) is 0 Å². The first-order valence-corrected chi connectivity index (χ1v) is 5.20. The third kappa shape index (κ3) is 1.84. The summed E-state index contributed by atoms with van der Waals surface area (Å²) in [5, 5.41) is 0. The summed E-state index contributed by atoms with van der Waals surface area (Å²) in [6.07, 6.45) is 1.17. The Morgan fingerprint density at radius 1 is 1.19 bits per heavy atom. The largest absolute Gasteiger partial charge is 0.497 e. The van der Waals surface area contributed by atoms with Crippen LogP contribution in [-0.4, -0.2) is 14.2 Å². The maximum absolute atomic E-state index is 13.9. The van der Waals surface area contributed by atoms with Gasteiger partial charge in [-0.25, -0.2) is 8.78 Å². The molecule has 1 aromatic rings. The zero-order valence-corrected chi connectivity index (χ0v) is 9.30. The van der Waals surface area contributed by atoms with E-state index in [1.807, 2.05) is 0 Å². The number of hydrogen-bond donors (Lipinski definition) is 0. The maximum Gasteiger partial charge on any atom is 0.279 e. The van der Waals surface area contributed by atoms with Crippen molar-refractivity contribution in [1.82, 2.24) is 0 Å². The Morgan fingerprint density at radius 3 is 2.38 bits per heavy atom. The first-order chi connectivity index (χ1) is 7.59. The number of alkyl halides is 2. The van der Waals surface area contributed by atoms with Crippen molar-refractivity contribution in [1.29, 1.82) is 0 Å². The molecule has 1 aliphatic rings. The summed E-state index contributed by atoms with van der Waals surface area (Å²) in [5.74, 6) is -2.62. The fourth-order valence-corrected chi connectivity index (χ4v) is 1.74. The summed E-state index contributed by atoms with van der Waals surface area (Å²) in [4.78, 5) is 0. The van der Waals surface area contributed by atoms with Crippen LogP contribution >= 0.6 is 0 Å². The fourth-order valence-electron chi connectivity index (χ4n) is 1.74. The van der Waals surface area contributed by atoms with E-state index in [-0.39, 0.29) is 11.3 Å². The summed E-state index contributed by atoms with van der Waals surface area (Å²) < 4.78 is 37.8. The summed E-state index contributed by atoms with van der Waals surface area (Å²) >= 11 is 0. The summed E-state index contributed by atoms with van der Waals surface area (Å²) in [5.41, 5.74) is -0.0432. The standard InChI is InChI=1S/C12H14F2O2/c1-15-9-5-6-10(11(7-9)16-2)12(13,14)8-3-4-8/h5-8H,3-4H2,1-2H3. The second-order valence-electron chi connectivity index (χ2n) is 3.96. The molecule has 16 heavy (non-hydrogen) atoms. The van der Waals surface area contributed by atoms with Gasteiger partial charge in [-0.2, -0.15) is 0 Å². The molecular weight excluding hydrogens is 214 g/mol. The molecule has 88 valence electrons. The third-order valence-electron chi connectivity index (χ3n) is 2.86. The smallest absolute Gasteiger partial charge is 0.279 e. The van der Waals surface area contributed by atoms with Crippen molar-refractivity contribution in [2.45, 2.75) is 18.8 Å². The Hall–Kier alpha value is -1.32. The molecule has 0 spiro atoms. The molecule has 0 amide bonds. The minimum absolute atomic E-state index is 0.0432. The van der Waals surface area contributed by atoms with Gasteiger partial charge in [-0.3, -0.25) is 0 Å². The minimum atomic E-state index is -2.79. The summed E-state index contributed by atoms with van der Waals surface area (Å²) in [7, 11) is 2.88. The van der Waals surface area contributed by atoms with Gasteiger partial charge in [-0.1, -0.05) is 0 Å². The molecule has 0 heterocycles. The first-order valence-electron chi connectivity index (χ1n) is 5.20. The molecule has 0 atom stereocenters. The molecule has 0 aromatic heterocycles. The van der Waals surface area contributed by atoms with Gasteiger partial charge in [0.05, 0.1) is 19.8 Å². The van der Waals surface area contributed by atoms with Crippen LogP contribution in [0, 0.1) is 5.92 Å². The lowest BCUT2D eigenvalue weighted by Gasteiger charge is -2.19. The van der Waals surface area contributed by atoms with Crippen LogP contribution in [-0.2, 0) is 5.92 Å². The zero-order valence-electron chi connectivity index (χ0n) is 9.30. The fraction of sp³-hybridized carbons (Fsp3) is 0.500. The molecule has 0 radical (unpaired) electrons. The van der Waals surface area contributed by atoms with Gasteiger partial charge in [0.25, 0.3) is 5.92 Å². The van der Waals surface area contributed by atoms with Crippen molar-refractivity contribution >= 4 is 0 Å². The molecule has 2 rings (SSSR count). The van der Waals surface area contributed by atoms with Crippen molar-refractivity contribution in [3.05, 3.63) is 23.8 Å². The van der Waals surface area contributed by atoms with Gasteiger partial charge in [-0.15, -0.1) is 0 Å². The third-order valence-corrected chi connectivity index (χ3v) is 2.86. The van der Waals surface area contributed by atoms with Crippen LogP contribution in [0.3, 0.4) is 0 Å². The molecule has 1 saturated carbocycles. The van der Waals surface area contributed by atoms with E-state index in [0.29, 0.717) is 18.6 Å². The number of ether oxygens (including phenoxy) is 2. The molecule has 1 aliphatic carbocycles. The van der Waals surface area contributed by atoms with Crippen LogP contribution in [0.1, 0.15) is 18.4 Å². The highest BCUT2D eigenvalue weighted by atomic mass is 19.3. The van der Waals surface area contributed by atoms with Gasteiger partial charge in [0.1, 0.15) is 11.5 Å². The summed E-state index contributed by atoms with van der Waals surface area (Å²) in [6, 6.07) is 4.41. The number of benzene rings is 1. The Labute approximate surface area is 93.2 Å². The van der Waals surface area contributed by atoms with Crippen LogP contribution in [0.15, 0.2) is 18.2 Å². The molecule has 0 bridgehead atoms. The quantitative estimate of drug-likeness (QED) is 0.787. The van der Waals surface area contributed by atoms with E-state index in [1.54, 1.807) is 0 Å². The Bertz CT molecular complexity index is 387. The van der Waals surface area contributed by atoms with Crippen molar-refractivity contribution in [3.8, 4) is 11.5 Å². The van der Waals surface area contributed by atoms with Crippen molar-refractivity contribution in [2.75, 3.05) is 14.2 Å². The Morgan fingerprint density at radius 2 is 1.88 bits per heavy atom. The van der Waals surface area contributed by atoms with Crippen LogP contribution in [0.5, 0.6) is 11.5 Å². The Kier molecular flexibility index (Phi) is 2.74. The molecule has 2 nitrogen and oxygen atoms in total. The van der Waals surface area contributed by atoms with E-state index in [9.17, 15) is 8.78 Å². The van der Waals surface area contributed by atoms with Gasteiger partial charge in [0.2, 0.25) is 0 Å². The van der Waals surface area contributed by atoms with Crippen LogP contribution in [0.25, 0.3) is 0 Å². The van der Waals surface area contributed by atoms with Crippen LogP contribution < -0.4 is 9.47 Å². The van der Waals surface area contributed by atoms with E-state index in [2.05, 4.69) is 0 Å². The molecule has 0 unspecified atom stereocenters. The number of hydrogen-bond acceptors (Lipinski definition) is 2. The second-order valence-corrected chi connectivity index (χ2v) is 3.96. The molecule has 0 aliphatic heterocycles. The van der Waals surface area contributed by atoms with Crippen LogP contribution in [0.4, 0.5) is 8.78 Å². The monoisotopic (exact) mass is 228 g/mol. The van der Waals surface area contributed by atoms with Gasteiger partial charge in [-0.05, 0) is 25.0 Å². The predicted octanol–water partition coefficient (Wildman–Crippen LogP) is 3.21. The van der Waals surface area contributed by atoms with E-state index in [4.69, 9.17) is 9.47 Å². The average molecular weight is 228 g/mol. The van der Waals surface area contributed by atoms with Crippen molar-refractivity contribution < 1.29 is 18.3 Å². The Balaban J connectivity index is 2.39. The molecule has 1 aromatic carbocycles. The van der Waals surface area contributed by atoms with Gasteiger partial charge < -0.3 is 9.47 Å². The zero-order chi connectivity index (χ0) is 11.8. The predicted molar refractivity (Wildman–Crippen MR) is 56.2 cm³/mol. The van der Waals surface area contributed by atoms with Crippen LogP contribution in [0.2, 0.25) is 0 Å². The van der Waals surface area contributed by atoms with E-state index in [1.165, 1.54) is 32.4 Å². The maximum atomic E-state index is 13.9. The lowest BCUT2D eigenvalue weighted by molar-refractivity contribution is -0.0305. The molecular formula is C12H14F2O2. The highest BCUT2D eigenvalue weighted by Gasteiger charge is 2.49. The first kappa shape index (κ1) is 11.2. The van der Waals surface area contributed by atoms with Gasteiger partial charge in [0.15, 0.2) is 0 Å². The lowest BCUT2D eigenvalue weighted by atomic mass is 10.0. The molecule has 1 fully saturated rings. The van der Waals surface area contributed by atoms with Crippen molar-refractivity contribution in [2.24, 2.45) is 5.92 Å². The highest BCUT2D eigenvalue weighted by Crippen LogP contribution is 2.52. The van der Waals surface area contributed by atoms with E-state index < -0.39 is 11.8 Å². The van der Waals surface area contributed by atoms with Gasteiger partial charge in [0, 0.05) is 12.0 Å². The minimum Gasteiger partial charge on any atom is -0.497 e. The molecule has 4 heteroatoms. The SMILES string of the molecule is COc1ccc(C(F)(F)C2CC2)c(OC)c1.